The van der Waals surface area contributed by atoms with Gasteiger partial charge in [0.1, 0.15) is 6.61 Å². The van der Waals surface area contributed by atoms with Crippen LogP contribution < -0.4 is 10.5 Å². The smallest absolute Gasteiger partial charge is 0.320 e. The number of rotatable bonds is 4. The van der Waals surface area contributed by atoms with E-state index in [9.17, 15) is 10.1 Å². The summed E-state index contributed by atoms with van der Waals surface area (Å²) in [6.07, 6.45) is 1.59. The zero-order valence-electron chi connectivity index (χ0n) is 10.8. The van der Waals surface area contributed by atoms with E-state index in [0.29, 0.717) is 10.9 Å². The van der Waals surface area contributed by atoms with E-state index in [1.54, 1.807) is 44.3 Å². The second kappa shape index (κ2) is 4.81. The van der Waals surface area contributed by atoms with E-state index in [1.807, 2.05) is 0 Å². The van der Waals surface area contributed by atoms with Crippen molar-refractivity contribution in [3.63, 3.8) is 0 Å². The van der Waals surface area contributed by atoms with Crippen LogP contribution in [0.2, 0.25) is 0 Å². The molecule has 19 heavy (non-hydrogen) atoms. The molecule has 0 saturated carbocycles. The summed E-state index contributed by atoms with van der Waals surface area (Å²) in [6.45, 7) is 3.78. The fraction of sp³-hybridized carbons (Fsp3) is 0.308. The Bertz CT molecular complexity index is 620. The Morgan fingerprint density at radius 2 is 2.16 bits per heavy atom. The quantitative estimate of drug-likeness (QED) is 0.673. The van der Waals surface area contributed by atoms with Gasteiger partial charge in [0, 0.05) is 11.7 Å². The fourth-order valence-electron chi connectivity index (χ4n) is 1.69. The van der Waals surface area contributed by atoms with Gasteiger partial charge in [-0.15, -0.1) is 0 Å². The van der Waals surface area contributed by atoms with E-state index < -0.39 is 10.5 Å². The van der Waals surface area contributed by atoms with Gasteiger partial charge in [-0.05, 0) is 38.1 Å². The first-order valence-corrected chi connectivity index (χ1v) is 5.82. The predicted octanol–water partition coefficient (Wildman–Crippen LogP) is 2.26. The Labute approximate surface area is 110 Å². The van der Waals surface area contributed by atoms with Crippen LogP contribution in [0.25, 0.3) is 10.9 Å². The molecule has 2 aromatic rings. The lowest BCUT2D eigenvalue weighted by Gasteiger charge is -2.19. The van der Waals surface area contributed by atoms with Crippen LogP contribution in [0.4, 0.5) is 5.69 Å². The van der Waals surface area contributed by atoms with Gasteiger partial charge in [-0.3, -0.25) is 15.1 Å². The highest BCUT2D eigenvalue weighted by molar-refractivity contribution is 5.90. The van der Waals surface area contributed by atoms with Crippen LogP contribution in [0.15, 0.2) is 30.5 Å². The first-order valence-electron chi connectivity index (χ1n) is 5.82. The maximum absolute atomic E-state index is 11.2. The average Bonchev–Trinajstić information content (AvgIpc) is 2.34. The van der Waals surface area contributed by atoms with E-state index in [2.05, 4.69) is 4.98 Å². The number of hydrogen-bond donors (Lipinski definition) is 1. The molecule has 100 valence electrons. The third kappa shape index (κ3) is 2.97. The Morgan fingerprint density at radius 1 is 1.42 bits per heavy atom. The minimum Gasteiger partial charge on any atom is -0.485 e. The number of pyridine rings is 1. The van der Waals surface area contributed by atoms with Crippen LogP contribution in [-0.2, 0) is 0 Å². The third-order valence-corrected chi connectivity index (χ3v) is 2.50. The van der Waals surface area contributed by atoms with Gasteiger partial charge in [0.15, 0.2) is 5.75 Å². The highest BCUT2D eigenvalue weighted by atomic mass is 16.6. The number of benzene rings is 1. The van der Waals surface area contributed by atoms with E-state index in [1.165, 1.54) is 0 Å². The molecule has 0 atom stereocenters. The Balaban J connectivity index is 2.49. The topological polar surface area (TPSA) is 91.3 Å². The van der Waals surface area contributed by atoms with Gasteiger partial charge >= 0.3 is 5.69 Å². The van der Waals surface area contributed by atoms with E-state index in [0.717, 1.165) is 0 Å². The molecule has 0 radical (unpaired) electrons. The molecule has 6 heteroatoms. The molecule has 0 amide bonds. The molecule has 0 aliphatic rings. The van der Waals surface area contributed by atoms with Crippen molar-refractivity contribution in [1.82, 2.24) is 4.98 Å². The lowest BCUT2D eigenvalue weighted by Crippen LogP contribution is -2.38. The van der Waals surface area contributed by atoms with Gasteiger partial charge in [0.05, 0.1) is 15.8 Å². The number of nitrogens with zero attached hydrogens (tertiary/aromatic N) is 2. The molecular weight excluding hydrogens is 246 g/mol. The fourth-order valence-corrected chi connectivity index (χ4v) is 1.69. The number of nitro benzene ring substituents is 1. The Hall–Kier alpha value is -2.21. The lowest BCUT2D eigenvalue weighted by molar-refractivity contribution is -0.384. The lowest BCUT2D eigenvalue weighted by atomic mass is 10.1. The molecule has 0 aliphatic carbocycles. The molecule has 0 unspecified atom stereocenters. The maximum atomic E-state index is 11.2. The maximum Gasteiger partial charge on any atom is 0.320 e. The molecule has 1 aromatic heterocycles. The molecule has 0 spiro atoms. The van der Waals surface area contributed by atoms with Gasteiger partial charge in [-0.1, -0.05) is 0 Å². The molecule has 0 aliphatic heterocycles. The number of aromatic nitrogens is 1. The van der Waals surface area contributed by atoms with E-state index in [-0.39, 0.29) is 18.0 Å². The largest absolute Gasteiger partial charge is 0.485 e. The summed E-state index contributed by atoms with van der Waals surface area (Å²) in [5, 5.41) is 11.7. The Morgan fingerprint density at radius 3 is 2.79 bits per heavy atom. The van der Waals surface area contributed by atoms with Gasteiger partial charge in [0.2, 0.25) is 0 Å². The molecule has 1 aromatic carbocycles. The van der Waals surface area contributed by atoms with Crippen molar-refractivity contribution in [2.75, 3.05) is 6.61 Å². The summed E-state index contributed by atoms with van der Waals surface area (Å²) >= 11 is 0. The second-order valence-corrected chi connectivity index (χ2v) is 5.02. The number of fused-ring (bicyclic) bond motifs is 1. The summed E-state index contributed by atoms with van der Waals surface area (Å²) in [5.41, 5.74) is 5.75. The summed E-state index contributed by atoms with van der Waals surface area (Å²) < 4.78 is 5.48. The minimum absolute atomic E-state index is 0.0742. The van der Waals surface area contributed by atoms with E-state index in [4.69, 9.17) is 10.5 Å². The zero-order valence-corrected chi connectivity index (χ0v) is 10.8. The van der Waals surface area contributed by atoms with Crippen molar-refractivity contribution in [3.05, 3.63) is 40.6 Å². The number of nitrogens with two attached hydrogens (primary N) is 1. The van der Waals surface area contributed by atoms with Crippen molar-refractivity contribution in [1.29, 1.82) is 0 Å². The van der Waals surface area contributed by atoms with Crippen molar-refractivity contribution >= 4 is 16.6 Å². The summed E-state index contributed by atoms with van der Waals surface area (Å²) in [7, 11) is 0. The first-order chi connectivity index (χ1) is 8.88. The van der Waals surface area contributed by atoms with Crippen LogP contribution in [0.1, 0.15) is 13.8 Å². The van der Waals surface area contributed by atoms with Crippen molar-refractivity contribution in [3.8, 4) is 5.75 Å². The molecule has 0 saturated heterocycles. The van der Waals surface area contributed by atoms with Crippen LogP contribution >= 0.6 is 0 Å². The SMILES string of the molecule is CC(C)(N)COc1ccc2ncccc2c1[N+](=O)[O-]. The van der Waals surface area contributed by atoms with Crippen molar-refractivity contribution in [2.45, 2.75) is 19.4 Å². The highest BCUT2D eigenvalue weighted by Gasteiger charge is 2.22. The summed E-state index contributed by atoms with van der Waals surface area (Å²) in [5.74, 6) is 0.212. The molecular formula is C13H15N3O3. The number of nitro groups is 1. The molecule has 2 N–H and O–H groups in total. The molecule has 2 rings (SSSR count). The average molecular weight is 261 g/mol. The molecule has 1 heterocycles. The van der Waals surface area contributed by atoms with Gasteiger partial charge in [-0.2, -0.15) is 0 Å². The second-order valence-electron chi connectivity index (χ2n) is 5.02. The molecule has 6 nitrogen and oxygen atoms in total. The van der Waals surface area contributed by atoms with Crippen LogP contribution in [0, 0.1) is 10.1 Å². The molecule has 0 fully saturated rings. The highest BCUT2D eigenvalue weighted by Crippen LogP contribution is 2.34. The summed E-state index contributed by atoms with van der Waals surface area (Å²) in [4.78, 5) is 14.9. The Kier molecular flexibility index (Phi) is 3.35. The summed E-state index contributed by atoms with van der Waals surface area (Å²) in [6, 6.07) is 6.56. The van der Waals surface area contributed by atoms with Crippen molar-refractivity contribution < 1.29 is 9.66 Å². The van der Waals surface area contributed by atoms with Crippen LogP contribution in [-0.4, -0.2) is 22.1 Å². The third-order valence-electron chi connectivity index (χ3n) is 2.50. The molecule has 0 bridgehead atoms. The van der Waals surface area contributed by atoms with Gasteiger partial charge in [-0.25, -0.2) is 0 Å². The normalized spacial score (nSPS) is 11.5. The number of ether oxygens (including phenoxy) is 1. The number of hydrogen-bond acceptors (Lipinski definition) is 5. The predicted molar refractivity (Wildman–Crippen MR) is 72.2 cm³/mol. The first kappa shape index (κ1) is 13.2. The monoisotopic (exact) mass is 261 g/mol. The van der Waals surface area contributed by atoms with Crippen LogP contribution in [0.5, 0.6) is 5.75 Å². The van der Waals surface area contributed by atoms with E-state index >= 15 is 0 Å². The van der Waals surface area contributed by atoms with Crippen molar-refractivity contribution in [2.24, 2.45) is 5.73 Å². The van der Waals surface area contributed by atoms with Crippen LogP contribution in [0.3, 0.4) is 0 Å². The standard InChI is InChI=1S/C13H15N3O3/c1-13(2,14)8-19-11-6-5-10-9(4-3-7-15-10)12(11)16(17)18/h3-7H,8,14H2,1-2H3. The minimum atomic E-state index is -0.558. The zero-order chi connectivity index (χ0) is 14.0. The van der Waals surface area contributed by atoms with Gasteiger partial charge in [0.25, 0.3) is 0 Å². The van der Waals surface area contributed by atoms with Gasteiger partial charge < -0.3 is 10.5 Å².